The molecule has 1 saturated heterocycles. The standard InChI is InChI=1S/C11H21NO3/c1-8(2)5-10(12)11(13)15-7-9-3-4-14-6-9/h8-10H,3-7,12H2,1-2H3/t9?,10-/m1/s1. The number of ether oxygens (including phenoxy) is 2. The maximum absolute atomic E-state index is 11.4. The van der Waals surface area contributed by atoms with Crippen molar-refractivity contribution in [2.24, 2.45) is 17.6 Å². The van der Waals surface area contributed by atoms with E-state index in [-0.39, 0.29) is 5.97 Å². The van der Waals surface area contributed by atoms with E-state index in [4.69, 9.17) is 15.2 Å². The highest BCUT2D eigenvalue weighted by atomic mass is 16.5. The molecular formula is C11H21NO3. The van der Waals surface area contributed by atoms with Crippen LogP contribution in [-0.2, 0) is 14.3 Å². The van der Waals surface area contributed by atoms with Crippen molar-refractivity contribution in [2.45, 2.75) is 32.7 Å². The van der Waals surface area contributed by atoms with E-state index in [9.17, 15) is 4.79 Å². The molecule has 2 N–H and O–H groups in total. The van der Waals surface area contributed by atoms with E-state index >= 15 is 0 Å². The molecule has 2 atom stereocenters. The third-order valence-electron chi connectivity index (χ3n) is 2.51. The Balaban J connectivity index is 2.16. The van der Waals surface area contributed by atoms with E-state index in [2.05, 4.69) is 0 Å². The third kappa shape index (κ3) is 4.62. The van der Waals surface area contributed by atoms with E-state index < -0.39 is 6.04 Å². The molecule has 15 heavy (non-hydrogen) atoms. The van der Waals surface area contributed by atoms with Gasteiger partial charge in [-0.3, -0.25) is 4.79 Å². The van der Waals surface area contributed by atoms with Crippen LogP contribution >= 0.6 is 0 Å². The summed E-state index contributed by atoms with van der Waals surface area (Å²) in [5.41, 5.74) is 5.70. The summed E-state index contributed by atoms with van der Waals surface area (Å²) in [7, 11) is 0. The highest BCUT2D eigenvalue weighted by Crippen LogP contribution is 2.13. The van der Waals surface area contributed by atoms with Crippen LogP contribution in [0, 0.1) is 11.8 Å². The van der Waals surface area contributed by atoms with Crippen LogP contribution in [0.2, 0.25) is 0 Å². The van der Waals surface area contributed by atoms with Crippen LogP contribution in [0.3, 0.4) is 0 Å². The number of hydrogen-bond donors (Lipinski definition) is 1. The molecule has 0 aromatic rings. The highest BCUT2D eigenvalue weighted by molar-refractivity contribution is 5.75. The van der Waals surface area contributed by atoms with Gasteiger partial charge >= 0.3 is 5.97 Å². The van der Waals surface area contributed by atoms with Crippen LogP contribution in [0.1, 0.15) is 26.7 Å². The lowest BCUT2D eigenvalue weighted by Crippen LogP contribution is -2.34. The minimum atomic E-state index is -0.479. The summed E-state index contributed by atoms with van der Waals surface area (Å²) in [4.78, 5) is 11.4. The molecule has 0 saturated carbocycles. The fourth-order valence-corrected chi connectivity index (χ4v) is 1.63. The molecule has 1 aliphatic rings. The van der Waals surface area contributed by atoms with Gasteiger partial charge in [-0.1, -0.05) is 13.8 Å². The van der Waals surface area contributed by atoms with Gasteiger partial charge < -0.3 is 15.2 Å². The Morgan fingerprint density at radius 3 is 2.87 bits per heavy atom. The van der Waals surface area contributed by atoms with E-state index in [1.807, 2.05) is 13.8 Å². The SMILES string of the molecule is CC(C)C[C@@H](N)C(=O)OCC1CCOC1. The molecule has 1 aliphatic heterocycles. The van der Waals surface area contributed by atoms with Crippen LogP contribution < -0.4 is 5.73 Å². The summed E-state index contributed by atoms with van der Waals surface area (Å²) in [6.07, 6.45) is 1.66. The summed E-state index contributed by atoms with van der Waals surface area (Å²) < 4.78 is 10.3. The van der Waals surface area contributed by atoms with Crippen molar-refractivity contribution >= 4 is 5.97 Å². The monoisotopic (exact) mass is 215 g/mol. The first kappa shape index (κ1) is 12.5. The number of nitrogens with two attached hydrogens (primary N) is 1. The summed E-state index contributed by atoms with van der Waals surface area (Å²) in [5, 5.41) is 0. The lowest BCUT2D eigenvalue weighted by Gasteiger charge is -2.14. The molecule has 0 aromatic carbocycles. The molecule has 0 bridgehead atoms. The smallest absolute Gasteiger partial charge is 0.322 e. The van der Waals surface area contributed by atoms with Crippen LogP contribution in [0.5, 0.6) is 0 Å². The minimum Gasteiger partial charge on any atom is -0.464 e. The molecule has 0 spiro atoms. The zero-order valence-electron chi connectivity index (χ0n) is 9.57. The second kappa shape index (κ2) is 6.08. The molecule has 1 fully saturated rings. The molecule has 0 radical (unpaired) electrons. The van der Waals surface area contributed by atoms with E-state index in [1.54, 1.807) is 0 Å². The maximum atomic E-state index is 11.4. The Bertz CT molecular complexity index is 200. The van der Waals surface area contributed by atoms with Crippen LogP contribution in [-0.4, -0.2) is 31.8 Å². The van der Waals surface area contributed by atoms with Crippen molar-refractivity contribution in [3.8, 4) is 0 Å². The Morgan fingerprint density at radius 1 is 1.60 bits per heavy atom. The number of carbonyl (C=O) groups is 1. The molecule has 0 amide bonds. The summed E-state index contributed by atoms with van der Waals surface area (Å²) in [5.74, 6) is 0.498. The predicted molar refractivity (Wildman–Crippen MR) is 57.3 cm³/mol. The van der Waals surface area contributed by atoms with Gasteiger partial charge in [0.15, 0.2) is 0 Å². The van der Waals surface area contributed by atoms with Gasteiger partial charge in [-0.2, -0.15) is 0 Å². The predicted octanol–water partition coefficient (Wildman–Crippen LogP) is 0.940. The number of carbonyl (C=O) groups excluding carboxylic acids is 1. The lowest BCUT2D eigenvalue weighted by atomic mass is 10.0. The number of rotatable bonds is 5. The Morgan fingerprint density at radius 2 is 2.33 bits per heavy atom. The normalized spacial score (nSPS) is 23.1. The van der Waals surface area contributed by atoms with Crippen molar-refractivity contribution in [3.05, 3.63) is 0 Å². The minimum absolute atomic E-state index is 0.282. The van der Waals surface area contributed by atoms with Gasteiger partial charge in [-0.15, -0.1) is 0 Å². The van der Waals surface area contributed by atoms with Crippen LogP contribution in [0.4, 0.5) is 0 Å². The Kier molecular flexibility index (Phi) is 5.05. The summed E-state index contributed by atoms with van der Waals surface area (Å²) in [6.45, 7) is 6.01. The van der Waals surface area contributed by atoms with Gasteiger partial charge in [0.25, 0.3) is 0 Å². The zero-order valence-corrected chi connectivity index (χ0v) is 9.57. The first-order chi connectivity index (χ1) is 7.09. The van der Waals surface area contributed by atoms with E-state index in [0.29, 0.717) is 31.5 Å². The van der Waals surface area contributed by atoms with E-state index in [0.717, 1.165) is 13.0 Å². The molecule has 88 valence electrons. The second-order valence-electron chi connectivity index (χ2n) is 4.60. The van der Waals surface area contributed by atoms with Gasteiger partial charge in [0, 0.05) is 12.5 Å². The molecule has 0 aromatic heterocycles. The summed E-state index contributed by atoms with van der Waals surface area (Å²) in [6, 6.07) is -0.479. The van der Waals surface area contributed by atoms with Crippen molar-refractivity contribution in [3.63, 3.8) is 0 Å². The molecule has 4 heteroatoms. The van der Waals surface area contributed by atoms with Crippen molar-refractivity contribution in [1.82, 2.24) is 0 Å². The van der Waals surface area contributed by atoms with Crippen LogP contribution in [0.15, 0.2) is 0 Å². The van der Waals surface area contributed by atoms with Gasteiger partial charge in [0.2, 0.25) is 0 Å². The number of esters is 1. The van der Waals surface area contributed by atoms with Gasteiger partial charge in [0.05, 0.1) is 13.2 Å². The van der Waals surface area contributed by atoms with Crippen molar-refractivity contribution in [2.75, 3.05) is 19.8 Å². The average molecular weight is 215 g/mol. The zero-order chi connectivity index (χ0) is 11.3. The van der Waals surface area contributed by atoms with Gasteiger partial charge in [0.1, 0.15) is 6.04 Å². The quantitative estimate of drug-likeness (QED) is 0.693. The Hall–Kier alpha value is -0.610. The Labute approximate surface area is 91.1 Å². The van der Waals surface area contributed by atoms with E-state index in [1.165, 1.54) is 0 Å². The molecule has 0 aliphatic carbocycles. The largest absolute Gasteiger partial charge is 0.464 e. The average Bonchev–Trinajstić information content (AvgIpc) is 2.65. The maximum Gasteiger partial charge on any atom is 0.322 e. The summed E-state index contributed by atoms with van der Waals surface area (Å²) >= 11 is 0. The lowest BCUT2D eigenvalue weighted by molar-refractivity contribution is -0.147. The highest BCUT2D eigenvalue weighted by Gasteiger charge is 2.21. The number of hydrogen-bond acceptors (Lipinski definition) is 4. The van der Waals surface area contributed by atoms with Gasteiger partial charge in [-0.25, -0.2) is 0 Å². The van der Waals surface area contributed by atoms with Gasteiger partial charge in [-0.05, 0) is 18.8 Å². The molecule has 1 heterocycles. The topological polar surface area (TPSA) is 61.6 Å². The van der Waals surface area contributed by atoms with Crippen molar-refractivity contribution < 1.29 is 14.3 Å². The molecule has 1 unspecified atom stereocenters. The third-order valence-corrected chi connectivity index (χ3v) is 2.51. The van der Waals surface area contributed by atoms with Crippen molar-refractivity contribution in [1.29, 1.82) is 0 Å². The molecule has 1 rings (SSSR count). The first-order valence-corrected chi connectivity index (χ1v) is 5.59. The molecular weight excluding hydrogens is 194 g/mol. The fraction of sp³-hybridized carbons (Fsp3) is 0.909. The second-order valence-corrected chi connectivity index (χ2v) is 4.60. The van der Waals surface area contributed by atoms with Crippen LogP contribution in [0.25, 0.3) is 0 Å². The fourth-order valence-electron chi connectivity index (χ4n) is 1.63. The first-order valence-electron chi connectivity index (χ1n) is 5.59. The molecule has 4 nitrogen and oxygen atoms in total.